The van der Waals surface area contributed by atoms with Gasteiger partial charge in [0.2, 0.25) is 10.0 Å². The van der Waals surface area contributed by atoms with Gasteiger partial charge in [-0.05, 0) is 18.8 Å². The number of nitrogens with two attached hydrogens (primary N) is 1. The molecule has 0 fully saturated rings. The van der Waals surface area contributed by atoms with E-state index in [2.05, 4.69) is 6.58 Å². The third kappa shape index (κ3) is 4.77. The Morgan fingerprint density at radius 2 is 2.07 bits per heavy atom. The summed E-state index contributed by atoms with van der Waals surface area (Å²) in [6.45, 7) is 7.56. The number of hydrogen-bond donors (Lipinski definition) is 1. The predicted molar refractivity (Wildman–Crippen MR) is 60.4 cm³/mol. The highest BCUT2D eigenvalue weighted by atomic mass is 32.2. The summed E-state index contributed by atoms with van der Waals surface area (Å²) >= 11 is 0. The van der Waals surface area contributed by atoms with E-state index in [4.69, 9.17) is 5.14 Å². The highest BCUT2D eigenvalue weighted by molar-refractivity contribution is 7.89. The van der Waals surface area contributed by atoms with Crippen LogP contribution in [0.5, 0.6) is 0 Å². The molecule has 0 heterocycles. The molecule has 84 valence electrons. The molecule has 0 aliphatic heterocycles. The zero-order valence-corrected chi connectivity index (χ0v) is 9.89. The summed E-state index contributed by atoms with van der Waals surface area (Å²) in [4.78, 5) is 0. The van der Waals surface area contributed by atoms with Crippen LogP contribution >= 0.6 is 0 Å². The molecule has 14 heavy (non-hydrogen) atoms. The average molecular weight is 219 g/mol. The van der Waals surface area contributed by atoms with E-state index in [-0.39, 0.29) is 5.92 Å². The molecule has 0 spiro atoms. The summed E-state index contributed by atoms with van der Waals surface area (Å²) < 4.78 is 22.6. The molecule has 2 N–H and O–H groups in total. The van der Waals surface area contributed by atoms with Crippen molar-refractivity contribution in [2.24, 2.45) is 11.1 Å². The van der Waals surface area contributed by atoms with Crippen molar-refractivity contribution >= 4 is 10.0 Å². The van der Waals surface area contributed by atoms with Gasteiger partial charge in [0, 0.05) is 0 Å². The van der Waals surface area contributed by atoms with Crippen LogP contribution in [0.15, 0.2) is 12.7 Å². The van der Waals surface area contributed by atoms with E-state index in [1.165, 1.54) is 0 Å². The lowest BCUT2D eigenvalue weighted by atomic mass is 9.99. The van der Waals surface area contributed by atoms with Crippen molar-refractivity contribution in [3.8, 4) is 0 Å². The fourth-order valence-corrected chi connectivity index (χ4v) is 2.85. The van der Waals surface area contributed by atoms with Gasteiger partial charge in [0.15, 0.2) is 0 Å². The maximum atomic E-state index is 11.3. The Kier molecular flexibility index (Phi) is 6.04. The molecular formula is C10H21NO2S. The monoisotopic (exact) mass is 219 g/mol. The van der Waals surface area contributed by atoms with Crippen molar-refractivity contribution in [3.63, 3.8) is 0 Å². The number of allylic oxidation sites excluding steroid dienone is 1. The second-order valence-electron chi connectivity index (χ2n) is 3.77. The maximum Gasteiger partial charge on any atom is 0.212 e. The Balaban J connectivity index is 4.46. The van der Waals surface area contributed by atoms with Gasteiger partial charge in [0.25, 0.3) is 0 Å². The van der Waals surface area contributed by atoms with E-state index in [1.807, 2.05) is 13.8 Å². The first-order valence-electron chi connectivity index (χ1n) is 5.06. The normalized spacial score (nSPS) is 16.2. The Hall–Kier alpha value is -0.350. The van der Waals surface area contributed by atoms with Gasteiger partial charge in [-0.1, -0.05) is 32.8 Å². The topological polar surface area (TPSA) is 60.2 Å². The molecule has 2 atom stereocenters. The van der Waals surface area contributed by atoms with Crippen LogP contribution in [0.2, 0.25) is 0 Å². The molecule has 0 aliphatic carbocycles. The van der Waals surface area contributed by atoms with Gasteiger partial charge in [-0.3, -0.25) is 0 Å². The fraction of sp³-hybridized carbons (Fsp3) is 0.800. The second-order valence-corrected chi connectivity index (χ2v) is 5.55. The lowest BCUT2D eigenvalue weighted by Crippen LogP contribution is -2.33. The van der Waals surface area contributed by atoms with Gasteiger partial charge in [-0.15, -0.1) is 6.58 Å². The number of unbranched alkanes of at least 4 members (excludes halogenated alkanes) is 1. The van der Waals surface area contributed by atoms with Crippen molar-refractivity contribution in [3.05, 3.63) is 12.7 Å². The molecule has 0 rings (SSSR count). The van der Waals surface area contributed by atoms with Crippen molar-refractivity contribution in [1.29, 1.82) is 0 Å². The minimum absolute atomic E-state index is 0.0639. The van der Waals surface area contributed by atoms with E-state index < -0.39 is 15.3 Å². The Morgan fingerprint density at radius 3 is 2.43 bits per heavy atom. The largest absolute Gasteiger partial charge is 0.228 e. The summed E-state index contributed by atoms with van der Waals surface area (Å²) in [5.41, 5.74) is 0. The van der Waals surface area contributed by atoms with Crippen LogP contribution in [-0.4, -0.2) is 13.7 Å². The van der Waals surface area contributed by atoms with E-state index in [1.54, 1.807) is 6.08 Å². The Morgan fingerprint density at radius 1 is 1.50 bits per heavy atom. The molecule has 0 aromatic rings. The van der Waals surface area contributed by atoms with Crippen LogP contribution in [0.1, 0.15) is 39.5 Å². The summed E-state index contributed by atoms with van der Waals surface area (Å²) in [7, 11) is -3.41. The SMILES string of the molecule is C=CC[C@@H](C)[C@@H](CCCC)S(N)(=O)=O. The first kappa shape index (κ1) is 13.7. The quantitative estimate of drug-likeness (QED) is 0.666. The average Bonchev–Trinajstić information content (AvgIpc) is 2.03. The van der Waals surface area contributed by atoms with Crippen LogP contribution in [0.3, 0.4) is 0 Å². The lowest BCUT2D eigenvalue weighted by Gasteiger charge is -2.20. The lowest BCUT2D eigenvalue weighted by molar-refractivity contribution is 0.478. The maximum absolute atomic E-state index is 11.3. The molecule has 0 aliphatic rings. The van der Waals surface area contributed by atoms with Gasteiger partial charge in [0.05, 0.1) is 5.25 Å². The molecule has 0 aromatic carbocycles. The van der Waals surface area contributed by atoms with Crippen molar-refractivity contribution in [2.45, 2.75) is 44.8 Å². The molecule has 0 aromatic heterocycles. The van der Waals surface area contributed by atoms with Crippen LogP contribution in [0.25, 0.3) is 0 Å². The molecule has 4 heteroatoms. The van der Waals surface area contributed by atoms with Gasteiger partial charge >= 0.3 is 0 Å². The van der Waals surface area contributed by atoms with Crippen LogP contribution in [-0.2, 0) is 10.0 Å². The van der Waals surface area contributed by atoms with E-state index in [9.17, 15) is 8.42 Å². The molecule has 0 amide bonds. The van der Waals surface area contributed by atoms with E-state index >= 15 is 0 Å². The van der Waals surface area contributed by atoms with Gasteiger partial charge in [-0.25, -0.2) is 13.6 Å². The van der Waals surface area contributed by atoms with Crippen LogP contribution in [0.4, 0.5) is 0 Å². The van der Waals surface area contributed by atoms with E-state index in [0.29, 0.717) is 12.8 Å². The molecule has 0 unspecified atom stereocenters. The predicted octanol–water partition coefficient (Wildman–Crippen LogP) is 2.05. The summed E-state index contributed by atoms with van der Waals surface area (Å²) in [6, 6.07) is 0. The first-order chi connectivity index (χ1) is 6.43. The third-order valence-corrected chi connectivity index (χ3v) is 3.98. The molecule has 0 radical (unpaired) electrons. The molecule has 0 saturated heterocycles. The number of hydrogen-bond acceptors (Lipinski definition) is 2. The first-order valence-corrected chi connectivity index (χ1v) is 6.66. The number of sulfonamides is 1. The third-order valence-electron chi connectivity index (χ3n) is 2.44. The summed E-state index contributed by atoms with van der Waals surface area (Å²) in [5, 5.41) is 4.77. The smallest absolute Gasteiger partial charge is 0.212 e. The number of rotatable bonds is 7. The molecule has 3 nitrogen and oxygen atoms in total. The molecular weight excluding hydrogens is 198 g/mol. The summed E-state index contributed by atoms with van der Waals surface area (Å²) in [5.74, 6) is 0.0639. The minimum Gasteiger partial charge on any atom is -0.228 e. The van der Waals surface area contributed by atoms with Crippen molar-refractivity contribution in [2.75, 3.05) is 0 Å². The number of primary sulfonamides is 1. The molecule has 0 saturated carbocycles. The van der Waals surface area contributed by atoms with Gasteiger partial charge in [-0.2, -0.15) is 0 Å². The zero-order chi connectivity index (χ0) is 11.2. The van der Waals surface area contributed by atoms with Crippen molar-refractivity contribution < 1.29 is 8.42 Å². The fourth-order valence-electron chi connectivity index (χ4n) is 1.59. The van der Waals surface area contributed by atoms with Crippen LogP contribution in [0, 0.1) is 5.92 Å². The standard InChI is InChI=1S/C10H21NO2S/c1-4-6-8-10(14(11,12)13)9(3)7-5-2/h5,9-10H,2,4,6-8H2,1,3H3,(H2,11,12,13)/t9-,10-/m1/s1. The second kappa shape index (κ2) is 6.19. The van der Waals surface area contributed by atoms with Crippen LogP contribution < -0.4 is 5.14 Å². The Labute approximate surface area is 87.4 Å². The van der Waals surface area contributed by atoms with Gasteiger partial charge < -0.3 is 0 Å². The van der Waals surface area contributed by atoms with Crippen molar-refractivity contribution in [1.82, 2.24) is 0 Å². The highest BCUT2D eigenvalue weighted by Crippen LogP contribution is 2.20. The minimum atomic E-state index is -3.41. The van der Waals surface area contributed by atoms with Gasteiger partial charge in [0.1, 0.15) is 0 Å². The Bertz CT molecular complexity index is 259. The highest BCUT2D eigenvalue weighted by Gasteiger charge is 2.26. The summed E-state index contributed by atoms with van der Waals surface area (Å²) in [6.07, 6.45) is 5.00. The zero-order valence-electron chi connectivity index (χ0n) is 9.07. The van der Waals surface area contributed by atoms with E-state index in [0.717, 1.165) is 12.8 Å². The molecule has 0 bridgehead atoms.